The molecule has 3 aromatic rings. The first-order valence-electron chi connectivity index (χ1n) is 11.7. The number of nitrogens with zero attached hydrogens (tertiary/aromatic N) is 2. The van der Waals surface area contributed by atoms with Gasteiger partial charge in [0.25, 0.3) is 5.91 Å². The Morgan fingerprint density at radius 1 is 1.19 bits per heavy atom. The maximum atomic E-state index is 14.8. The van der Waals surface area contributed by atoms with Gasteiger partial charge in [-0.15, -0.1) is 0 Å². The van der Waals surface area contributed by atoms with Crippen molar-refractivity contribution in [2.75, 3.05) is 6.61 Å². The predicted molar refractivity (Wildman–Crippen MR) is 136 cm³/mol. The molecule has 0 spiro atoms. The van der Waals surface area contributed by atoms with Crippen molar-refractivity contribution in [2.24, 2.45) is 12.2 Å². The maximum absolute atomic E-state index is 14.8. The Morgan fingerprint density at radius 3 is 2.58 bits per heavy atom. The first-order chi connectivity index (χ1) is 17.3. The number of hydrogen-bond acceptors (Lipinski definition) is 5. The summed E-state index contributed by atoms with van der Waals surface area (Å²) in [7, 11) is 1.59. The molecule has 188 valence electrons. The minimum absolute atomic E-state index is 0.0796. The number of aryl methyl sites for hydroxylation is 1. The third-order valence-corrected chi connectivity index (χ3v) is 7.14. The van der Waals surface area contributed by atoms with Crippen LogP contribution in [0, 0.1) is 4.91 Å². The van der Waals surface area contributed by atoms with Crippen molar-refractivity contribution in [3.8, 4) is 0 Å². The highest BCUT2D eigenvalue weighted by Crippen LogP contribution is 2.46. The summed E-state index contributed by atoms with van der Waals surface area (Å²) in [5.41, 5.74) is 0.305. The van der Waals surface area contributed by atoms with Crippen LogP contribution in [-0.4, -0.2) is 29.0 Å². The number of nitrogens with one attached hydrogen (secondary N) is 1. The Balaban J connectivity index is 1.80. The number of halogens is 2. The molecule has 1 aliphatic rings. The average Bonchev–Trinajstić information content (AvgIpc) is 2.87. The first kappa shape index (κ1) is 25.7. The summed E-state index contributed by atoms with van der Waals surface area (Å²) in [6, 6.07) is 17.9. The molecule has 0 bridgehead atoms. The van der Waals surface area contributed by atoms with Crippen LogP contribution in [0.5, 0.6) is 0 Å². The van der Waals surface area contributed by atoms with Crippen LogP contribution in [0.3, 0.4) is 0 Å². The number of nitroso groups, excluding NO2 is 1. The normalized spacial score (nSPS) is 21.4. The number of carbonyl (C=O) groups excluding carboxylic acids is 1. The van der Waals surface area contributed by atoms with Gasteiger partial charge < -0.3 is 14.6 Å². The van der Waals surface area contributed by atoms with E-state index in [4.69, 9.17) is 16.3 Å². The van der Waals surface area contributed by atoms with Crippen molar-refractivity contribution in [3.05, 3.63) is 110 Å². The molecule has 2 heterocycles. The summed E-state index contributed by atoms with van der Waals surface area (Å²) in [4.78, 5) is 37.3. The summed E-state index contributed by atoms with van der Waals surface area (Å²) >= 11 is 6.62. The Morgan fingerprint density at radius 2 is 1.92 bits per heavy atom. The standard InChI is InChI=1S/C27H27ClFN3O4/c1-32-17-19(11-12-25(32)33)23(31-35)15-21(20-9-5-6-10-22(20)28)27(13-14-36-24(29)16-27)30-26(34)18-7-3-2-4-8-18/h2-12,17,21,23-24H,13-16H2,1H3,(H,30,34). The lowest BCUT2D eigenvalue weighted by molar-refractivity contribution is -0.104. The van der Waals surface area contributed by atoms with Gasteiger partial charge in [0.05, 0.1) is 12.1 Å². The van der Waals surface area contributed by atoms with Gasteiger partial charge in [-0.25, -0.2) is 4.39 Å². The summed E-state index contributed by atoms with van der Waals surface area (Å²) in [5.74, 6) is -0.944. The summed E-state index contributed by atoms with van der Waals surface area (Å²) in [5, 5.41) is 6.88. The van der Waals surface area contributed by atoms with Gasteiger partial charge in [-0.3, -0.25) is 9.59 Å². The van der Waals surface area contributed by atoms with E-state index in [2.05, 4.69) is 10.5 Å². The molecule has 4 rings (SSSR count). The molecule has 4 unspecified atom stereocenters. The molecule has 4 atom stereocenters. The summed E-state index contributed by atoms with van der Waals surface area (Å²) < 4.78 is 21.4. The third-order valence-electron chi connectivity index (χ3n) is 6.80. The monoisotopic (exact) mass is 511 g/mol. The average molecular weight is 512 g/mol. The number of amides is 1. The quantitative estimate of drug-likeness (QED) is 0.416. The van der Waals surface area contributed by atoms with Crippen molar-refractivity contribution in [3.63, 3.8) is 0 Å². The smallest absolute Gasteiger partial charge is 0.251 e. The van der Waals surface area contributed by atoms with Gasteiger partial charge in [-0.1, -0.05) is 53.2 Å². The molecular formula is C27H27ClFN3O4. The molecule has 9 heteroatoms. The number of carbonyl (C=O) groups is 1. The van der Waals surface area contributed by atoms with E-state index in [0.29, 0.717) is 28.1 Å². The second-order valence-corrected chi connectivity index (χ2v) is 9.46. The molecule has 1 aliphatic heterocycles. The lowest BCUT2D eigenvalue weighted by atomic mass is 9.70. The molecule has 1 amide bonds. The fourth-order valence-electron chi connectivity index (χ4n) is 4.90. The second-order valence-electron chi connectivity index (χ2n) is 9.05. The van der Waals surface area contributed by atoms with E-state index in [1.807, 2.05) is 12.1 Å². The lowest BCUT2D eigenvalue weighted by Crippen LogP contribution is -2.57. The van der Waals surface area contributed by atoms with Crippen molar-refractivity contribution < 1.29 is 13.9 Å². The molecule has 1 aromatic heterocycles. The Kier molecular flexibility index (Phi) is 7.96. The van der Waals surface area contributed by atoms with E-state index in [9.17, 15) is 18.9 Å². The van der Waals surface area contributed by atoms with E-state index < -0.39 is 23.9 Å². The van der Waals surface area contributed by atoms with Crippen LogP contribution in [0.2, 0.25) is 5.02 Å². The van der Waals surface area contributed by atoms with Crippen LogP contribution in [0.25, 0.3) is 0 Å². The van der Waals surface area contributed by atoms with Gasteiger partial charge in [0.15, 0.2) is 0 Å². The van der Waals surface area contributed by atoms with Crippen LogP contribution in [0.1, 0.15) is 52.7 Å². The van der Waals surface area contributed by atoms with Crippen LogP contribution in [0.4, 0.5) is 4.39 Å². The summed E-state index contributed by atoms with van der Waals surface area (Å²) in [6.45, 7) is 0.0796. The first-order valence-corrected chi connectivity index (χ1v) is 12.1. The predicted octanol–water partition coefficient (Wildman–Crippen LogP) is 5.29. The zero-order valence-corrected chi connectivity index (χ0v) is 20.5. The number of alkyl halides is 1. The lowest BCUT2D eigenvalue weighted by Gasteiger charge is -2.46. The number of pyridine rings is 1. The molecule has 2 aromatic carbocycles. The maximum Gasteiger partial charge on any atom is 0.251 e. The number of aromatic nitrogens is 1. The SMILES string of the molecule is Cn1cc(C(CC(c2ccccc2Cl)C2(NC(=O)c3ccccc3)CCOC(F)C2)N=O)ccc1=O. The fourth-order valence-corrected chi connectivity index (χ4v) is 5.17. The van der Waals surface area contributed by atoms with E-state index in [1.165, 1.54) is 10.6 Å². The largest absolute Gasteiger partial charge is 0.348 e. The zero-order valence-electron chi connectivity index (χ0n) is 19.8. The fraction of sp³-hybridized carbons (Fsp3) is 0.333. The molecule has 1 fully saturated rings. The number of hydrogen-bond donors (Lipinski definition) is 1. The Hall–Kier alpha value is -3.36. The topological polar surface area (TPSA) is 89.8 Å². The van der Waals surface area contributed by atoms with Crippen molar-refractivity contribution in [1.82, 2.24) is 9.88 Å². The van der Waals surface area contributed by atoms with E-state index in [1.54, 1.807) is 61.8 Å². The van der Waals surface area contributed by atoms with Gasteiger partial charge in [-0.2, -0.15) is 4.91 Å². The molecule has 36 heavy (non-hydrogen) atoms. The molecule has 0 aliphatic carbocycles. The van der Waals surface area contributed by atoms with E-state index in [0.717, 1.165) is 0 Å². The molecule has 1 N–H and O–H groups in total. The second kappa shape index (κ2) is 11.1. The molecule has 1 saturated heterocycles. The van der Waals surface area contributed by atoms with Gasteiger partial charge in [0, 0.05) is 42.2 Å². The number of rotatable bonds is 8. The van der Waals surface area contributed by atoms with Crippen molar-refractivity contribution >= 4 is 17.5 Å². The summed E-state index contributed by atoms with van der Waals surface area (Å²) in [6.07, 6.45) is 0.267. The van der Waals surface area contributed by atoms with Crippen molar-refractivity contribution in [2.45, 2.75) is 43.1 Å². The molecule has 0 radical (unpaired) electrons. The minimum atomic E-state index is -1.61. The van der Waals surface area contributed by atoms with Crippen LogP contribution in [-0.2, 0) is 11.8 Å². The van der Waals surface area contributed by atoms with Gasteiger partial charge in [0.2, 0.25) is 11.9 Å². The zero-order chi connectivity index (χ0) is 25.7. The number of ether oxygens (including phenoxy) is 1. The highest BCUT2D eigenvalue weighted by atomic mass is 35.5. The Bertz CT molecular complexity index is 1290. The van der Waals surface area contributed by atoms with Crippen molar-refractivity contribution in [1.29, 1.82) is 0 Å². The minimum Gasteiger partial charge on any atom is -0.348 e. The third kappa shape index (κ3) is 5.55. The molecular weight excluding hydrogens is 485 g/mol. The van der Waals surface area contributed by atoms with Gasteiger partial charge in [-0.05, 0) is 48.2 Å². The number of benzene rings is 2. The van der Waals surface area contributed by atoms with Gasteiger partial charge in [0.1, 0.15) is 6.04 Å². The highest BCUT2D eigenvalue weighted by Gasteiger charge is 2.47. The van der Waals surface area contributed by atoms with E-state index in [-0.39, 0.29) is 30.9 Å². The molecule has 0 saturated carbocycles. The van der Waals surface area contributed by atoms with Crippen LogP contribution >= 0.6 is 11.6 Å². The van der Waals surface area contributed by atoms with Gasteiger partial charge >= 0.3 is 0 Å². The Labute approximate surface area is 213 Å². The van der Waals surface area contributed by atoms with Crippen LogP contribution < -0.4 is 10.9 Å². The van der Waals surface area contributed by atoms with E-state index >= 15 is 0 Å². The highest BCUT2D eigenvalue weighted by molar-refractivity contribution is 6.31. The van der Waals surface area contributed by atoms with Crippen LogP contribution in [0.15, 0.2) is 82.9 Å². The molecule has 7 nitrogen and oxygen atoms in total.